The highest BCUT2D eigenvalue weighted by Gasteiger charge is 2.20. The summed E-state index contributed by atoms with van der Waals surface area (Å²) in [6.07, 6.45) is 3.67. The maximum atomic E-state index is 13.0. The molecule has 168 valence electrons. The molecule has 0 saturated carbocycles. The Labute approximate surface area is 205 Å². The average Bonchev–Trinajstić information content (AvgIpc) is 2.86. The number of nitrogens with zero attached hydrogens (tertiary/aromatic N) is 3. The van der Waals surface area contributed by atoms with Crippen molar-refractivity contribution in [3.05, 3.63) is 105 Å². The van der Waals surface area contributed by atoms with Crippen LogP contribution in [0.3, 0.4) is 0 Å². The van der Waals surface area contributed by atoms with Crippen LogP contribution in [0, 0.1) is 0 Å². The second-order valence-corrected chi connectivity index (χ2v) is 8.62. The maximum absolute atomic E-state index is 13.0. The van der Waals surface area contributed by atoms with E-state index in [4.69, 9.17) is 23.2 Å². The number of rotatable bonds is 5. The largest absolute Gasteiger partial charge is 0.342 e. The van der Waals surface area contributed by atoms with Gasteiger partial charge in [0, 0.05) is 45.4 Å². The molecule has 0 aliphatic carbocycles. The molecule has 0 fully saturated rings. The minimum atomic E-state index is -0.343. The number of anilines is 1. The van der Waals surface area contributed by atoms with Crippen LogP contribution in [0.25, 0.3) is 10.9 Å². The van der Waals surface area contributed by atoms with Crippen molar-refractivity contribution < 1.29 is 9.59 Å². The number of nitrogens with one attached hydrogen (secondary N) is 1. The molecule has 8 heteroatoms. The zero-order chi connectivity index (χ0) is 23.7. The van der Waals surface area contributed by atoms with E-state index in [9.17, 15) is 9.59 Å². The van der Waals surface area contributed by atoms with Crippen LogP contribution in [0.4, 0.5) is 10.5 Å². The first kappa shape index (κ1) is 22.1. The van der Waals surface area contributed by atoms with Gasteiger partial charge in [0.25, 0.3) is 0 Å². The lowest BCUT2D eigenvalue weighted by Crippen LogP contribution is -2.41. The van der Waals surface area contributed by atoms with Gasteiger partial charge in [-0.1, -0.05) is 65.7 Å². The summed E-state index contributed by atoms with van der Waals surface area (Å²) in [6, 6.07) is 19.9. The average molecular weight is 489 g/mol. The Balaban J connectivity index is 1.35. The molecule has 34 heavy (non-hydrogen) atoms. The van der Waals surface area contributed by atoms with Gasteiger partial charge >= 0.3 is 6.03 Å². The Morgan fingerprint density at radius 2 is 1.71 bits per heavy atom. The van der Waals surface area contributed by atoms with Crippen molar-refractivity contribution in [3.8, 4) is 0 Å². The lowest BCUT2D eigenvalue weighted by atomic mass is 9.99. The molecule has 2 heterocycles. The van der Waals surface area contributed by atoms with Crippen LogP contribution in [0.5, 0.6) is 0 Å². The Morgan fingerprint density at radius 1 is 0.971 bits per heavy atom. The van der Waals surface area contributed by atoms with Gasteiger partial charge in [-0.15, -0.1) is 0 Å². The van der Waals surface area contributed by atoms with E-state index in [1.165, 1.54) is 5.01 Å². The summed E-state index contributed by atoms with van der Waals surface area (Å²) in [5.41, 5.74) is 4.11. The first-order chi connectivity index (χ1) is 16.5. The molecule has 4 aromatic rings. The summed E-state index contributed by atoms with van der Waals surface area (Å²) in [5.74, 6) is -0.0921. The minimum Gasteiger partial charge on any atom is -0.331 e. The van der Waals surface area contributed by atoms with Crippen molar-refractivity contribution in [2.45, 2.75) is 6.42 Å². The van der Waals surface area contributed by atoms with E-state index in [2.05, 4.69) is 15.4 Å². The lowest BCUT2D eigenvalue weighted by molar-refractivity contribution is 0.103. The fourth-order valence-corrected chi connectivity index (χ4v) is 4.40. The van der Waals surface area contributed by atoms with Crippen molar-refractivity contribution in [1.29, 1.82) is 0 Å². The van der Waals surface area contributed by atoms with Gasteiger partial charge in [-0.25, -0.2) is 4.79 Å². The van der Waals surface area contributed by atoms with Crippen molar-refractivity contribution in [2.24, 2.45) is 5.10 Å². The smallest absolute Gasteiger partial charge is 0.331 e. The predicted octanol–water partition coefficient (Wildman–Crippen LogP) is 5.88. The Morgan fingerprint density at radius 3 is 2.44 bits per heavy atom. The number of pyridine rings is 1. The SMILES string of the molecule is O=C(c1ccc(Cc2c(Cl)cc(N3N=CCNC3=O)cc2Cl)cc1)c1cnc2ccccc2c1. The highest BCUT2D eigenvalue weighted by atomic mass is 35.5. The van der Waals surface area contributed by atoms with Crippen LogP contribution in [0.15, 0.2) is 78.0 Å². The monoisotopic (exact) mass is 488 g/mol. The number of amides is 2. The summed E-state index contributed by atoms with van der Waals surface area (Å²) in [4.78, 5) is 29.4. The fraction of sp³-hybridized carbons (Fsp3) is 0.0769. The third-order valence-electron chi connectivity index (χ3n) is 5.55. The quantitative estimate of drug-likeness (QED) is 0.356. The number of hydrogen-bond acceptors (Lipinski definition) is 4. The minimum absolute atomic E-state index is 0.0921. The van der Waals surface area contributed by atoms with Crippen molar-refractivity contribution in [2.75, 3.05) is 11.6 Å². The molecule has 0 atom stereocenters. The van der Waals surface area contributed by atoms with E-state index < -0.39 is 0 Å². The van der Waals surface area contributed by atoms with Gasteiger partial charge in [0.15, 0.2) is 5.78 Å². The highest BCUT2D eigenvalue weighted by molar-refractivity contribution is 6.36. The summed E-state index contributed by atoms with van der Waals surface area (Å²) < 4.78 is 0. The van der Waals surface area contributed by atoms with Gasteiger partial charge in [0.1, 0.15) is 0 Å². The van der Waals surface area contributed by atoms with Gasteiger partial charge in [-0.2, -0.15) is 10.1 Å². The van der Waals surface area contributed by atoms with Gasteiger partial charge in [-0.05, 0) is 35.4 Å². The number of hydrogen-bond donors (Lipinski definition) is 1. The molecule has 0 spiro atoms. The standard InChI is InChI=1S/C26H18Cl2N4O2/c27-22-13-20(32-26(34)29-9-10-31-32)14-23(28)21(22)11-16-5-7-17(8-6-16)25(33)19-12-18-3-1-2-4-24(18)30-15-19/h1-8,10,12-15H,9,11H2,(H,29,34). The van der Waals surface area contributed by atoms with Crippen LogP contribution in [0.2, 0.25) is 10.0 Å². The fourth-order valence-electron chi connectivity index (χ4n) is 3.79. The van der Waals surface area contributed by atoms with Crippen LogP contribution in [-0.2, 0) is 6.42 Å². The van der Waals surface area contributed by atoms with Crippen LogP contribution >= 0.6 is 23.2 Å². The van der Waals surface area contributed by atoms with Gasteiger partial charge < -0.3 is 5.32 Å². The summed E-state index contributed by atoms with van der Waals surface area (Å²) >= 11 is 13.0. The Bertz CT molecular complexity index is 1430. The molecule has 3 aromatic carbocycles. The molecule has 0 saturated heterocycles. The van der Waals surface area contributed by atoms with Gasteiger partial charge in [0.2, 0.25) is 0 Å². The van der Waals surface area contributed by atoms with Gasteiger partial charge in [-0.3, -0.25) is 9.78 Å². The maximum Gasteiger partial charge on any atom is 0.342 e. The number of carbonyl (C=O) groups excluding carboxylic acids is 2. The molecule has 5 rings (SSSR count). The number of halogens is 2. The topological polar surface area (TPSA) is 74.7 Å². The molecular weight excluding hydrogens is 471 g/mol. The molecule has 0 unspecified atom stereocenters. The second-order valence-electron chi connectivity index (χ2n) is 7.80. The number of para-hydroxylation sites is 1. The zero-order valence-corrected chi connectivity index (χ0v) is 19.3. The molecule has 0 bridgehead atoms. The second kappa shape index (κ2) is 9.25. The zero-order valence-electron chi connectivity index (χ0n) is 17.8. The Kier molecular flexibility index (Phi) is 6.01. The van der Waals surface area contributed by atoms with Gasteiger partial charge in [0.05, 0.1) is 17.7 Å². The third-order valence-corrected chi connectivity index (χ3v) is 6.23. The molecule has 6 nitrogen and oxygen atoms in total. The predicted molar refractivity (Wildman–Crippen MR) is 135 cm³/mol. The van der Waals surface area contributed by atoms with Crippen molar-refractivity contribution in [1.82, 2.24) is 10.3 Å². The van der Waals surface area contributed by atoms with Crippen LogP contribution < -0.4 is 10.3 Å². The summed E-state index contributed by atoms with van der Waals surface area (Å²) in [5, 5.41) is 9.76. The number of carbonyl (C=O) groups is 2. The van der Waals surface area contributed by atoms with E-state index >= 15 is 0 Å². The van der Waals surface area contributed by atoms with Crippen molar-refractivity contribution >= 4 is 57.8 Å². The number of fused-ring (bicyclic) bond motifs is 1. The van der Waals surface area contributed by atoms with E-state index in [0.29, 0.717) is 39.8 Å². The van der Waals surface area contributed by atoms with E-state index in [1.807, 2.05) is 42.5 Å². The van der Waals surface area contributed by atoms with E-state index in [0.717, 1.165) is 22.0 Å². The number of benzene rings is 3. The summed E-state index contributed by atoms with van der Waals surface area (Å²) in [7, 11) is 0. The van der Waals surface area contributed by atoms with Crippen LogP contribution in [0.1, 0.15) is 27.0 Å². The van der Waals surface area contributed by atoms with E-state index in [1.54, 1.807) is 36.7 Å². The van der Waals surface area contributed by atoms with E-state index in [-0.39, 0.29) is 11.8 Å². The number of aromatic nitrogens is 1. The Hall–Kier alpha value is -3.74. The molecule has 2 amide bonds. The molecule has 0 radical (unpaired) electrons. The molecule has 1 aromatic heterocycles. The molecule has 1 aliphatic heterocycles. The third kappa shape index (κ3) is 4.38. The number of ketones is 1. The normalized spacial score (nSPS) is 13.2. The lowest BCUT2D eigenvalue weighted by Gasteiger charge is -2.22. The highest BCUT2D eigenvalue weighted by Crippen LogP contribution is 2.33. The number of hydrazone groups is 1. The first-order valence-electron chi connectivity index (χ1n) is 10.6. The summed E-state index contributed by atoms with van der Waals surface area (Å²) in [6.45, 7) is 0.380. The molecular formula is C26H18Cl2N4O2. The molecule has 1 aliphatic rings. The molecule has 1 N–H and O–H groups in total. The van der Waals surface area contributed by atoms with Crippen molar-refractivity contribution in [3.63, 3.8) is 0 Å². The number of urea groups is 1. The van der Waals surface area contributed by atoms with Crippen LogP contribution in [-0.4, -0.2) is 29.6 Å². The first-order valence-corrected chi connectivity index (χ1v) is 11.3.